The molecule has 5 nitrogen and oxygen atoms in total. The van der Waals surface area contributed by atoms with Gasteiger partial charge in [-0.15, -0.1) is 35.3 Å². The van der Waals surface area contributed by atoms with E-state index in [1.807, 2.05) is 42.5 Å². The number of halogens is 1. The highest BCUT2D eigenvalue weighted by atomic mass is 127. The number of thiophene rings is 1. The molecule has 7 heteroatoms. The summed E-state index contributed by atoms with van der Waals surface area (Å²) in [5, 5.41) is 12.7. The van der Waals surface area contributed by atoms with Gasteiger partial charge in [-0.1, -0.05) is 41.6 Å². The first-order chi connectivity index (χ1) is 11.3. The summed E-state index contributed by atoms with van der Waals surface area (Å²) < 4.78 is 5.39. The smallest absolute Gasteiger partial charge is 0.191 e. The molecule has 0 saturated heterocycles. The van der Waals surface area contributed by atoms with E-state index in [2.05, 4.69) is 32.2 Å². The van der Waals surface area contributed by atoms with E-state index in [0.29, 0.717) is 6.54 Å². The van der Waals surface area contributed by atoms with E-state index in [0.717, 1.165) is 29.5 Å². The number of nitrogens with one attached hydrogen (secondary N) is 2. The maximum atomic E-state index is 5.39. The molecule has 1 aromatic carbocycles. The average molecular weight is 454 g/mol. The molecule has 126 valence electrons. The van der Waals surface area contributed by atoms with Gasteiger partial charge in [-0.2, -0.15) is 0 Å². The van der Waals surface area contributed by atoms with Gasteiger partial charge in [-0.05, 0) is 11.4 Å². The quantitative estimate of drug-likeness (QED) is 0.349. The lowest BCUT2D eigenvalue weighted by molar-refractivity contribution is 0.422. The van der Waals surface area contributed by atoms with Gasteiger partial charge in [0.2, 0.25) is 0 Å². The van der Waals surface area contributed by atoms with Crippen molar-refractivity contribution in [3.8, 4) is 11.3 Å². The third-order valence-corrected chi connectivity index (χ3v) is 4.16. The summed E-state index contributed by atoms with van der Waals surface area (Å²) >= 11 is 1.72. The molecule has 0 bridgehead atoms. The lowest BCUT2D eigenvalue weighted by Crippen LogP contribution is -2.36. The average Bonchev–Trinajstić information content (AvgIpc) is 3.27. The molecule has 0 saturated carbocycles. The summed E-state index contributed by atoms with van der Waals surface area (Å²) in [5.74, 6) is 1.51. The second-order valence-corrected chi connectivity index (χ2v) is 5.94. The summed E-state index contributed by atoms with van der Waals surface area (Å²) in [5.41, 5.74) is 1.86. The minimum absolute atomic E-state index is 0. The van der Waals surface area contributed by atoms with Gasteiger partial charge in [0.1, 0.15) is 5.69 Å². The van der Waals surface area contributed by atoms with Crippen LogP contribution in [0.15, 0.2) is 63.4 Å². The highest BCUT2D eigenvalue weighted by Gasteiger charge is 2.07. The molecular formula is C17H19IN4OS. The second kappa shape index (κ2) is 9.43. The van der Waals surface area contributed by atoms with Gasteiger partial charge in [-0.3, -0.25) is 4.99 Å². The Labute approximate surface area is 162 Å². The molecule has 3 rings (SSSR count). The molecule has 0 radical (unpaired) electrons. The molecule has 2 heterocycles. The fourth-order valence-corrected chi connectivity index (χ4v) is 2.76. The normalized spacial score (nSPS) is 11.0. The molecule has 0 aliphatic heterocycles. The van der Waals surface area contributed by atoms with Crippen molar-refractivity contribution < 1.29 is 4.52 Å². The molecule has 0 aliphatic rings. The lowest BCUT2D eigenvalue weighted by atomic mass is 10.2. The molecule has 3 aromatic rings. The van der Waals surface area contributed by atoms with Gasteiger partial charge in [0, 0.05) is 23.6 Å². The van der Waals surface area contributed by atoms with Gasteiger partial charge in [0.15, 0.2) is 11.7 Å². The Morgan fingerprint density at radius 1 is 1.12 bits per heavy atom. The molecule has 0 fully saturated rings. The number of hydrogen-bond acceptors (Lipinski definition) is 4. The standard InChI is InChI=1S/C17H18N4OS.HI/c1-18-17(20-12-15-8-5-9-23-15)19-11-14-10-16(22-21-14)13-6-3-2-4-7-13;/h2-10H,11-12H2,1H3,(H2,18,19,20);1H. The predicted octanol–water partition coefficient (Wildman–Crippen LogP) is 3.89. The van der Waals surface area contributed by atoms with Gasteiger partial charge in [-0.25, -0.2) is 0 Å². The topological polar surface area (TPSA) is 62.5 Å². The van der Waals surface area contributed by atoms with E-state index in [1.165, 1.54) is 4.88 Å². The maximum Gasteiger partial charge on any atom is 0.191 e. The Balaban J connectivity index is 0.00000208. The number of rotatable bonds is 5. The van der Waals surface area contributed by atoms with Crippen LogP contribution in [-0.4, -0.2) is 18.2 Å². The van der Waals surface area contributed by atoms with Crippen LogP contribution in [0.3, 0.4) is 0 Å². The highest BCUT2D eigenvalue weighted by Crippen LogP contribution is 2.19. The van der Waals surface area contributed by atoms with Crippen LogP contribution in [0.1, 0.15) is 10.6 Å². The van der Waals surface area contributed by atoms with Crippen molar-refractivity contribution in [1.29, 1.82) is 0 Å². The Bertz CT molecular complexity index is 756. The number of aliphatic imine (C=N–C) groups is 1. The highest BCUT2D eigenvalue weighted by molar-refractivity contribution is 14.0. The number of benzene rings is 1. The van der Waals surface area contributed by atoms with Gasteiger partial charge >= 0.3 is 0 Å². The molecule has 0 spiro atoms. The van der Waals surface area contributed by atoms with Crippen molar-refractivity contribution in [2.24, 2.45) is 4.99 Å². The SMILES string of the molecule is CN=C(NCc1cc(-c2ccccc2)on1)NCc1cccs1.I. The fourth-order valence-electron chi connectivity index (χ4n) is 2.11. The van der Waals surface area contributed by atoms with Crippen LogP contribution in [0, 0.1) is 0 Å². The minimum Gasteiger partial charge on any atom is -0.356 e. The second-order valence-electron chi connectivity index (χ2n) is 4.91. The summed E-state index contributed by atoms with van der Waals surface area (Å²) in [6.45, 7) is 1.31. The van der Waals surface area contributed by atoms with Crippen molar-refractivity contribution in [1.82, 2.24) is 15.8 Å². The summed E-state index contributed by atoms with van der Waals surface area (Å²) in [6, 6.07) is 16.0. The first kappa shape index (κ1) is 18.5. The molecule has 2 aromatic heterocycles. The fraction of sp³-hybridized carbons (Fsp3) is 0.176. The monoisotopic (exact) mass is 454 g/mol. The zero-order valence-corrected chi connectivity index (χ0v) is 16.4. The Morgan fingerprint density at radius 2 is 1.92 bits per heavy atom. The van der Waals surface area contributed by atoms with Crippen LogP contribution in [0.2, 0.25) is 0 Å². The third-order valence-electron chi connectivity index (χ3n) is 3.29. The van der Waals surface area contributed by atoms with E-state index in [1.54, 1.807) is 18.4 Å². The van der Waals surface area contributed by atoms with Crippen molar-refractivity contribution >= 4 is 41.3 Å². The van der Waals surface area contributed by atoms with Crippen LogP contribution in [0.5, 0.6) is 0 Å². The summed E-state index contributed by atoms with van der Waals surface area (Å²) in [4.78, 5) is 5.47. The van der Waals surface area contributed by atoms with Crippen molar-refractivity contribution in [3.05, 3.63) is 64.5 Å². The zero-order chi connectivity index (χ0) is 15.9. The molecule has 0 aliphatic carbocycles. The van der Waals surface area contributed by atoms with E-state index < -0.39 is 0 Å². The van der Waals surface area contributed by atoms with E-state index in [-0.39, 0.29) is 24.0 Å². The van der Waals surface area contributed by atoms with Crippen LogP contribution in [-0.2, 0) is 13.1 Å². The number of aromatic nitrogens is 1. The third kappa shape index (κ3) is 5.07. The molecule has 24 heavy (non-hydrogen) atoms. The summed E-state index contributed by atoms with van der Waals surface area (Å²) in [7, 11) is 1.75. The summed E-state index contributed by atoms with van der Waals surface area (Å²) in [6.07, 6.45) is 0. The zero-order valence-electron chi connectivity index (χ0n) is 13.2. The van der Waals surface area contributed by atoms with E-state index in [4.69, 9.17) is 4.52 Å². The van der Waals surface area contributed by atoms with E-state index in [9.17, 15) is 0 Å². The Morgan fingerprint density at radius 3 is 2.62 bits per heavy atom. The molecule has 0 atom stereocenters. The van der Waals surface area contributed by atoms with Crippen LogP contribution in [0.4, 0.5) is 0 Å². The lowest BCUT2D eigenvalue weighted by Gasteiger charge is -2.09. The van der Waals surface area contributed by atoms with E-state index >= 15 is 0 Å². The van der Waals surface area contributed by atoms with Crippen LogP contribution >= 0.6 is 35.3 Å². The first-order valence-electron chi connectivity index (χ1n) is 7.33. The number of nitrogens with zero attached hydrogens (tertiary/aromatic N) is 2. The molecule has 0 unspecified atom stereocenters. The van der Waals surface area contributed by atoms with Gasteiger partial charge in [0.25, 0.3) is 0 Å². The van der Waals surface area contributed by atoms with Crippen LogP contribution in [0.25, 0.3) is 11.3 Å². The Hall–Kier alpha value is -1.87. The van der Waals surface area contributed by atoms with Crippen LogP contribution < -0.4 is 10.6 Å². The first-order valence-corrected chi connectivity index (χ1v) is 8.21. The Kier molecular flexibility index (Phi) is 7.26. The predicted molar refractivity (Wildman–Crippen MR) is 109 cm³/mol. The minimum atomic E-state index is 0. The van der Waals surface area contributed by atoms with Crippen molar-refractivity contribution in [2.45, 2.75) is 13.1 Å². The maximum absolute atomic E-state index is 5.39. The molecule has 0 amide bonds. The van der Waals surface area contributed by atoms with Gasteiger partial charge < -0.3 is 15.2 Å². The van der Waals surface area contributed by atoms with Gasteiger partial charge in [0.05, 0.1) is 13.1 Å². The van der Waals surface area contributed by atoms with Crippen molar-refractivity contribution in [3.63, 3.8) is 0 Å². The molecular weight excluding hydrogens is 435 g/mol. The number of hydrogen-bond donors (Lipinski definition) is 2. The number of guanidine groups is 1. The largest absolute Gasteiger partial charge is 0.356 e. The molecule has 2 N–H and O–H groups in total. The van der Waals surface area contributed by atoms with Crippen molar-refractivity contribution in [2.75, 3.05) is 7.05 Å².